The Morgan fingerprint density at radius 2 is 2.40 bits per heavy atom. The molecule has 4 nitrogen and oxygen atoms in total. The molecule has 1 N–H and O–H groups in total. The number of nitrogens with zero attached hydrogens (tertiary/aromatic N) is 2. The van der Waals surface area contributed by atoms with Gasteiger partial charge in [-0.05, 0) is 0 Å². The van der Waals surface area contributed by atoms with E-state index in [1.165, 1.54) is 0 Å². The highest BCUT2D eigenvalue weighted by Crippen LogP contribution is 2.11. The van der Waals surface area contributed by atoms with Crippen LogP contribution in [0.3, 0.4) is 0 Å². The van der Waals surface area contributed by atoms with Crippen molar-refractivity contribution in [2.45, 2.75) is 0 Å². The van der Waals surface area contributed by atoms with E-state index in [4.69, 9.17) is 4.52 Å². The Kier molecular flexibility index (Phi) is 1.04. The van der Waals surface area contributed by atoms with Crippen molar-refractivity contribution in [1.29, 1.82) is 0 Å². The zero-order valence-electron chi connectivity index (χ0n) is 5.11. The first kappa shape index (κ1) is 5.22. The van der Waals surface area contributed by atoms with Crippen LogP contribution in [0, 0.1) is 0 Å². The molecule has 10 heavy (non-hydrogen) atoms. The molecule has 4 heteroatoms. The van der Waals surface area contributed by atoms with Gasteiger partial charge in [0.1, 0.15) is 0 Å². The van der Waals surface area contributed by atoms with Crippen molar-refractivity contribution in [3.8, 4) is 11.6 Å². The maximum Gasteiger partial charge on any atom is 0.202 e. The summed E-state index contributed by atoms with van der Waals surface area (Å²) in [6.45, 7) is 0. The molecule has 0 saturated carbocycles. The minimum absolute atomic E-state index is 0.657. The van der Waals surface area contributed by atoms with Crippen molar-refractivity contribution < 1.29 is 4.52 Å². The Morgan fingerprint density at radius 3 is 3.00 bits per heavy atom. The Bertz CT molecular complexity index is 252. The van der Waals surface area contributed by atoms with Gasteiger partial charge < -0.3 is 9.51 Å². The van der Waals surface area contributed by atoms with Gasteiger partial charge in [0.05, 0.1) is 6.20 Å². The number of hydrogen-bond acceptors (Lipinski definition) is 3. The summed E-state index contributed by atoms with van der Waals surface area (Å²) in [6.07, 6.45) is 4.98. The molecule has 0 amide bonds. The van der Waals surface area contributed by atoms with Gasteiger partial charge in [0.2, 0.25) is 5.76 Å². The maximum absolute atomic E-state index is 4.83. The molecule has 0 radical (unpaired) electrons. The molecule has 0 bridgehead atoms. The fourth-order valence-corrected chi connectivity index (χ4v) is 0.738. The lowest BCUT2D eigenvalue weighted by Gasteiger charge is -1.82. The number of H-pyrrole nitrogens is 1. The standard InChI is InChI=1S/C6H5N3O/c1-2-9-10-5(1)6-7-3-4-8-6/h1-4H,(H,7,8). The molecule has 50 valence electrons. The third-order valence-electron chi connectivity index (χ3n) is 1.17. The number of hydrogen-bond donors (Lipinski definition) is 1. The lowest BCUT2D eigenvalue weighted by molar-refractivity contribution is 0.430. The molecule has 0 aliphatic rings. The molecule has 2 rings (SSSR count). The lowest BCUT2D eigenvalue weighted by atomic mass is 10.4. The molecule has 0 saturated heterocycles. The molecule has 0 spiro atoms. The Labute approximate surface area is 56.9 Å². The molecular formula is C6H5N3O. The smallest absolute Gasteiger partial charge is 0.202 e. The summed E-state index contributed by atoms with van der Waals surface area (Å²) >= 11 is 0. The lowest BCUT2D eigenvalue weighted by Crippen LogP contribution is -1.73. The number of imidazole rings is 1. The summed E-state index contributed by atoms with van der Waals surface area (Å²) in [5.41, 5.74) is 0. The summed E-state index contributed by atoms with van der Waals surface area (Å²) in [5.74, 6) is 1.36. The van der Waals surface area contributed by atoms with Gasteiger partial charge in [0.25, 0.3) is 0 Å². The Hall–Kier alpha value is -1.58. The molecule has 0 atom stereocenters. The van der Waals surface area contributed by atoms with Gasteiger partial charge in [-0.15, -0.1) is 0 Å². The SMILES string of the molecule is c1cc(-c2ncc[nH]2)on1. The second-order valence-corrected chi connectivity index (χ2v) is 1.81. The highest BCUT2D eigenvalue weighted by Gasteiger charge is 2.00. The molecule has 2 heterocycles. The number of nitrogens with one attached hydrogen (secondary N) is 1. The van der Waals surface area contributed by atoms with Crippen LogP contribution in [0.2, 0.25) is 0 Å². The molecule has 2 aromatic heterocycles. The molecule has 0 fully saturated rings. The molecule has 0 aliphatic heterocycles. The Balaban J connectivity index is 2.48. The molecular weight excluding hydrogens is 130 g/mol. The largest absolute Gasteiger partial charge is 0.353 e. The van der Waals surface area contributed by atoms with Gasteiger partial charge in [-0.1, -0.05) is 5.16 Å². The van der Waals surface area contributed by atoms with Gasteiger partial charge in [-0.3, -0.25) is 0 Å². The van der Waals surface area contributed by atoms with Gasteiger partial charge in [0.15, 0.2) is 5.82 Å². The summed E-state index contributed by atoms with van der Waals surface area (Å²) in [5, 5.41) is 3.54. The fraction of sp³-hybridized carbons (Fsp3) is 0. The first-order valence-corrected chi connectivity index (χ1v) is 2.87. The molecule has 2 aromatic rings. The summed E-state index contributed by atoms with van der Waals surface area (Å²) < 4.78 is 4.83. The van der Waals surface area contributed by atoms with E-state index in [9.17, 15) is 0 Å². The monoisotopic (exact) mass is 135 g/mol. The van der Waals surface area contributed by atoms with E-state index < -0.39 is 0 Å². The van der Waals surface area contributed by atoms with Crippen molar-refractivity contribution in [1.82, 2.24) is 15.1 Å². The van der Waals surface area contributed by atoms with E-state index in [-0.39, 0.29) is 0 Å². The van der Waals surface area contributed by atoms with Crippen molar-refractivity contribution in [2.24, 2.45) is 0 Å². The predicted octanol–water partition coefficient (Wildman–Crippen LogP) is 1.06. The number of aromatic amines is 1. The third-order valence-corrected chi connectivity index (χ3v) is 1.17. The van der Waals surface area contributed by atoms with Crippen molar-refractivity contribution in [2.75, 3.05) is 0 Å². The van der Waals surface area contributed by atoms with E-state index in [2.05, 4.69) is 15.1 Å². The minimum Gasteiger partial charge on any atom is -0.353 e. The quantitative estimate of drug-likeness (QED) is 0.636. The summed E-state index contributed by atoms with van der Waals surface area (Å²) in [6, 6.07) is 1.75. The number of rotatable bonds is 1. The first-order chi connectivity index (χ1) is 4.97. The Morgan fingerprint density at radius 1 is 1.40 bits per heavy atom. The second kappa shape index (κ2) is 1.98. The highest BCUT2D eigenvalue weighted by molar-refractivity contribution is 5.44. The van der Waals surface area contributed by atoms with E-state index in [1.807, 2.05) is 0 Å². The average molecular weight is 135 g/mol. The molecule has 0 aromatic carbocycles. The van der Waals surface area contributed by atoms with Crippen LogP contribution in [0.5, 0.6) is 0 Å². The van der Waals surface area contributed by atoms with Crippen LogP contribution in [-0.4, -0.2) is 15.1 Å². The highest BCUT2D eigenvalue weighted by atomic mass is 16.5. The van der Waals surface area contributed by atoms with Crippen LogP contribution in [-0.2, 0) is 0 Å². The van der Waals surface area contributed by atoms with Crippen LogP contribution < -0.4 is 0 Å². The van der Waals surface area contributed by atoms with Gasteiger partial charge in [-0.2, -0.15) is 0 Å². The topological polar surface area (TPSA) is 54.7 Å². The molecule has 0 unspecified atom stereocenters. The van der Waals surface area contributed by atoms with Crippen LogP contribution >= 0.6 is 0 Å². The average Bonchev–Trinajstić information content (AvgIpc) is 2.59. The first-order valence-electron chi connectivity index (χ1n) is 2.87. The van der Waals surface area contributed by atoms with E-state index in [1.54, 1.807) is 24.7 Å². The fourth-order valence-electron chi connectivity index (χ4n) is 0.738. The van der Waals surface area contributed by atoms with Gasteiger partial charge >= 0.3 is 0 Å². The van der Waals surface area contributed by atoms with Crippen LogP contribution in [0.15, 0.2) is 29.2 Å². The van der Waals surface area contributed by atoms with Gasteiger partial charge in [0, 0.05) is 18.5 Å². The van der Waals surface area contributed by atoms with Crippen LogP contribution in [0.4, 0.5) is 0 Å². The van der Waals surface area contributed by atoms with Crippen molar-refractivity contribution in [3.05, 3.63) is 24.7 Å². The number of aromatic nitrogens is 3. The maximum atomic E-state index is 4.83. The molecule has 0 aliphatic carbocycles. The second-order valence-electron chi connectivity index (χ2n) is 1.81. The predicted molar refractivity (Wildman–Crippen MR) is 34.1 cm³/mol. The summed E-state index contributed by atoms with van der Waals surface area (Å²) in [4.78, 5) is 6.86. The van der Waals surface area contributed by atoms with Crippen LogP contribution in [0.1, 0.15) is 0 Å². The van der Waals surface area contributed by atoms with E-state index in [0.29, 0.717) is 11.6 Å². The zero-order valence-corrected chi connectivity index (χ0v) is 5.11. The van der Waals surface area contributed by atoms with Crippen molar-refractivity contribution >= 4 is 0 Å². The normalized spacial score (nSPS) is 10.0. The third kappa shape index (κ3) is 0.699. The zero-order chi connectivity index (χ0) is 6.81. The minimum atomic E-state index is 0.657. The summed E-state index contributed by atoms with van der Waals surface area (Å²) in [7, 11) is 0. The van der Waals surface area contributed by atoms with Crippen LogP contribution in [0.25, 0.3) is 11.6 Å². The van der Waals surface area contributed by atoms with E-state index >= 15 is 0 Å². The van der Waals surface area contributed by atoms with Gasteiger partial charge in [-0.25, -0.2) is 4.98 Å². The van der Waals surface area contributed by atoms with Crippen molar-refractivity contribution in [3.63, 3.8) is 0 Å². The van der Waals surface area contributed by atoms with E-state index in [0.717, 1.165) is 0 Å².